The Hall–Kier alpha value is -0.900. The Labute approximate surface area is 78.7 Å². The van der Waals surface area contributed by atoms with Crippen LogP contribution < -0.4 is 0 Å². The number of aryl methyl sites for hydroxylation is 1. The molecule has 12 heavy (non-hydrogen) atoms. The third kappa shape index (κ3) is 1.64. The van der Waals surface area contributed by atoms with Crippen molar-refractivity contribution in [2.45, 2.75) is 12.3 Å². The lowest BCUT2D eigenvalue weighted by atomic mass is 10.1. The molecule has 1 aromatic rings. The molecule has 0 amide bonds. The quantitative estimate of drug-likeness (QED) is 0.445. The van der Waals surface area contributed by atoms with Gasteiger partial charge in [-0.15, -0.1) is 0 Å². The third-order valence-electron chi connectivity index (χ3n) is 1.72. The molecule has 0 unspecified atom stereocenters. The average molecular weight is 230 g/mol. The minimum Gasteiger partial charge on any atom is -0.258 e. The van der Waals surface area contributed by atoms with Gasteiger partial charge in [-0.2, -0.15) is 0 Å². The molecule has 3 nitrogen and oxygen atoms in total. The molecule has 0 atom stereocenters. The highest BCUT2D eigenvalue weighted by Gasteiger charge is 2.13. The van der Waals surface area contributed by atoms with Crippen LogP contribution in [0.2, 0.25) is 0 Å². The number of nitro benzene ring substituents is 1. The van der Waals surface area contributed by atoms with Gasteiger partial charge in [0.25, 0.3) is 5.69 Å². The normalized spacial score (nSPS) is 9.83. The van der Waals surface area contributed by atoms with E-state index < -0.39 is 0 Å². The number of alkyl halides is 1. The molecule has 0 heterocycles. The lowest BCUT2D eigenvalue weighted by Gasteiger charge is -2.01. The van der Waals surface area contributed by atoms with Gasteiger partial charge in [0.1, 0.15) is 0 Å². The van der Waals surface area contributed by atoms with E-state index in [-0.39, 0.29) is 10.6 Å². The van der Waals surface area contributed by atoms with E-state index in [9.17, 15) is 10.1 Å². The van der Waals surface area contributed by atoms with Crippen molar-refractivity contribution in [2.24, 2.45) is 0 Å². The van der Waals surface area contributed by atoms with E-state index in [4.69, 9.17) is 0 Å². The maximum Gasteiger partial charge on any atom is 0.273 e. The van der Waals surface area contributed by atoms with Gasteiger partial charge in [0.15, 0.2) is 0 Å². The topological polar surface area (TPSA) is 43.1 Å². The molecular formula is C8H8BrNO2. The first kappa shape index (κ1) is 9.19. The summed E-state index contributed by atoms with van der Waals surface area (Å²) in [7, 11) is 0. The van der Waals surface area contributed by atoms with Crippen molar-refractivity contribution in [1.29, 1.82) is 0 Å². The Kier molecular flexibility index (Phi) is 2.81. The van der Waals surface area contributed by atoms with Crippen LogP contribution in [0.4, 0.5) is 5.69 Å². The summed E-state index contributed by atoms with van der Waals surface area (Å²) in [5.74, 6) is 0. The molecule has 1 aromatic carbocycles. The smallest absolute Gasteiger partial charge is 0.258 e. The van der Waals surface area contributed by atoms with Crippen LogP contribution in [-0.2, 0) is 5.33 Å². The monoisotopic (exact) mass is 229 g/mol. The van der Waals surface area contributed by atoms with Crippen LogP contribution in [0.3, 0.4) is 0 Å². The number of halogens is 1. The SMILES string of the molecule is Cc1cccc([N+](=O)[O-])c1CBr. The molecule has 0 radical (unpaired) electrons. The first-order valence-electron chi connectivity index (χ1n) is 3.45. The van der Waals surface area contributed by atoms with Gasteiger partial charge in [-0.1, -0.05) is 28.1 Å². The summed E-state index contributed by atoms with van der Waals surface area (Å²) in [5.41, 5.74) is 1.88. The summed E-state index contributed by atoms with van der Waals surface area (Å²) in [6.07, 6.45) is 0. The predicted molar refractivity (Wildman–Crippen MR) is 50.5 cm³/mol. The van der Waals surface area contributed by atoms with Crippen molar-refractivity contribution in [3.05, 3.63) is 39.4 Å². The highest BCUT2D eigenvalue weighted by Crippen LogP contribution is 2.23. The summed E-state index contributed by atoms with van der Waals surface area (Å²) in [6.45, 7) is 1.86. The second-order valence-corrected chi connectivity index (χ2v) is 3.02. The van der Waals surface area contributed by atoms with Crippen molar-refractivity contribution in [3.63, 3.8) is 0 Å². The van der Waals surface area contributed by atoms with Crippen LogP contribution in [0.5, 0.6) is 0 Å². The number of rotatable bonds is 2. The van der Waals surface area contributed by atoms with Gasteiger partial charge in [0.05, 0.1) is 4.92 Å². The first-order valence-corrected chi connectivity index (χ1v) is 4.58. The second kappa shape index (κ2) is 3.67. The zero-order valence-electron chi connectivity index (χ0n) is 6.58. The molecule has 1 rings (SSSR count). The molecule has 0 saturated carbocycles. The number of benzene rings is 1. The highest BCUT2D eigenvalue weighted by molar-refractivity contribution is 9.08. The molecule has 0 aliphatic heterocycles. The molecule has 0 N–H and O–H groups in total. The Morgan fingerprint density at radius 3 is 2.67 bits per heavy atom. The van der Waals surface area contributed by atoms with E-state index in [0.29, 0.717) is 5.33 Å². The fourth-order valence-electron chi connectivity index (χ4n) is 1.03. The Balaban J connectivity index is 3.27. The first-order chi connectivity index (χ1) is 5.66. The van der Waals surface area contributed by atoms with Crippen LogP contribution in [0, 0.1) is 17.0 Å². The lowest BCUT2D eigenvalue weighted by molar-refractivity contribution is -0.385. The third-order valence-corrected chi connectivity index (χ3v) is 2.28. The molecule has 0 aliphatic carbocycles. The van der Waals surface area contributed by atoms with E-state index in [2.05, 4.69) is 15.9 Å². The summed E-state index contributed by atoms with van der Waals surface area (Å²) in [4.78, 5) is 10.2. The number of hydrogen-bond acceptors (Lipinski definition) is 2. The second-order valence-electron chi connectivity index (χ2n) is 2.46. The molecule has 0 aliphatic rings. The fourth-order valence-corrected chi connectivity index (χ4v) is 1.76. The Morgan fingerprint density at radius 2 is 2.25 bits per heavy atom. The fraction of sp³-hybridized carbons (Fsp3) is 0.250. The molecule has 0 bridgehead atoms. The average Bonchev–Trinajstić information content (AvgIpc) is 2.03. The number of nitro groups is 1. The highest BCUT2D eigenvalue weighted by atomic mass is 79.9. The zero-order valence-corrected chi connectivity index (χ0v) is 8.17. The maximum atomic E-state index is 10.5. The Morgan fingerprint density at radius 1 is 1.58 bits per heavy atom. The summed E-state index contributed by atoms with van der Waals surface area (Å²) in [6, 6.07) is 5.08. The van der Waals surface area contributed by atoms with E-state index in [1.165, 1.54) is 6.07 Å². The number of hydrogen-bond donors (Lipinski definition) is 0. The van der Waals surface area contributed by atoms with Crippen molar-refractivity contribution in [2.75, 3.05) is 0 Å². The van der Waals surface area contributed by atoms with Crippen molar-refractivity contribution < 1.29 is 4.92 Å². The minimum atomic E-state index is -0.358. The van der Waals surface area contributed by atoms with Gasteiger partial charge in [0.2, 0.25) is 0 Å². The van der Waals surface area contributed by atoms with Gasteiger partial charge in [-0.25, -0.2) is 0 Å². The molecule has 0 fully saturated rings. The van der Waals surface area contributed by atoms with E-state index in [1.807, 2.05) is 13.0 Å². The van der Waals surface area contributed by atoms with Crippen LogP contribution >= 0.6 is 15.9 Å². The number of nitrogens with zero attached hydrogens (tertiary/aromatic N) is 1. The van der Waals surface area contributed by atoms with Crippen molar-refractivity contribution in [3.8, 4) is 0 Å². The van der Waals surface area contributed by atoms with Gasteiger partial charge in [0, 0.05) is 17.0 Å². The van der Waals surface area contributed by atoms with Crippen LogP contribution in [0.15, 0.2) is 18.2 Å². The summed E-state index contributed by atoms with van der Waals surface area (Å²) in [5, 5.41) is 11.0. The van der Waals surface area contributed by atoms with E-state index >= 15 is 0 Å². The van der Waals surface area contributed by atoms with Crippen LogP contribution in [0.1, 0.15) is 11.1 Å². The minimum absolute atomic E-state index is 0.187. The predicted octanol–water partition coefficient (Wildman–Crippen LogP) is 2.80. The zero-order chi connectivity index (χ0) is 9.14. The largest absolute Gasteiger partial charge is 0.273 e. The molecule has 4 heteroatoms. The Bertz CT molecular complexity index is 312. The van der Waals surface area contributed by atoms with Crippen LogP contribution in [0.25, 0.3) is 0 Å². The van der Waals surface area contributed by atoms with Crippen molar-refractivity contribution >= 4 is 21.6 Å². The van der Waals surface area contributed by atoms with Gasteiger partial charge in [-0.05, 0) is 12.5 Å². The van der Waals surface area contributed by atoms with Crippen molar-refractivity contribution in [1.82, 2.24) is 0 Å². The maximum absolute atomic E-state index is 10.5. The van der Waals surface area contributed by atoms with Gasteiger partial charge < -0.3 is 0 Å². The molecular weight excluding hydrogens is 222 g/mol. The van der Waals surface area contributed by atoms with Gasteiger partial charge >= 0.3 is 0 Å². The lowest BCUT2D eigenvalue weighted by Crippen LogP contribution is -1.95. The van der Waals surface area contributed by atoms with Crippen LogP contribution in [-0.4, -0.2) is 4.92 Å². The molecule has 0 aromatic heterocycles. The molecule has 64 valence electrons. The van der Waals surface area contributed by atoms with E-state index in [1.54, 1.807) is 6.07 Å². The molecule has 0 saturated heterocycles. The summed E-state index contributed by atoms with van der Waals surface area (Å²) < 4.78 is 0. The van der Waals surface area contributed by atoms with Gasteiger partial charge in [-0.3, -0.25) is 10.1 Å². The molecule has 0 spiro atoms. The van der Waals surface area contributed by atoms with E-state index in [0.717, 1.165) is 11.1 Å². The standard InChI is InChI=1S/C8H8BrNO2/c1-6-3-2-4-8(10(11)12)7(6)5-9/h2-4H,5H2,1H3. The summed E-state index contributed by atoms with van der Waals surface area (Å²) >= 11 is 3.22.